The molecule has 0 amide bonds. The number of aryl methyl sites for hydroxylation is 2. The first kappa shape index (κ1) is 11.0. The fraction of sp³-hybridized carbons (Fsp3) is 0.417. The third-order valence-corrected chi connectivity index (χ3v) is 2.90. The molecule has 4 heteroatoms. The fourth-order valence-corrected chi connectivity index (χ4v) is 1.90. The minimum absolute atomic E-state index is 0.495. The van der Waals surface area contributed by atoms with Gasteiger partial charge in [0.1, 0.15) is 11.6 Å². The summed E-state index contributed by atoms with van der Waals surface area (Å²) in [5.41, 5.74) is 7.88. The Morgan fingerprint density at radius 2 is 2.25 bits per heavy atom. The topological polar surface area (TPSA) is 57.0 Å². The van der Waals surface area contributed by atoms with Crippen molar-refractivity contribution in [2.24, 2.45) is 12.8 Å². The third-order valence-electron chi connectivity index (χ3n) is 2.90. The number of hydrogen-bond donors (Lipinski definition) is 1. The normalized spacial score (nSPS) is 10.9. The molecule has 2 aromatic heterocycles. The fourth-order valence-electron chi connectivity index (χ4n) is 1.90. The van der Waals surface area contributed by atoms with Crippen molar-refractivity contribution in [3.8, 4) is 0 Å². The highest BCUT2D eigenvalue weighted by atomic mass is 16.3. The van der Waals surface area contributed by atoms with Crippen molar-refractivity contribution in [1.29, 1.82) is 0 Å². The molecule has 0 fully saturated rings. The van der Waals surface area contributed by atoms with Crippen LogP contribution < -0.4 is 5.73 Å². The van der Waals surface area contributed by atoms with Gasteiger partial charge in [-0.2, -0.15) is 0 Å². The Morgan fingerprint density at radius 1 is 1.44 bits per heavy atom. The van der Waals surface area contributed by atoms with Crippen LogP contribution in [0.1, 0.15) is 23.0 Å². The molecule has 16 heavy (non-hydrogen) atoms. The summed E-state index contributed by atoms with van der Waals surface area (Å²) in [6.45, 7) is 2.49. The van der Waals surface area contributed by atoms with Gasteiger partial charge in [-0.3, -0.25) is 0 Å². The average Bonchev–Trinajstić information content (AvgIpc) is 2.87. The largest absolute Gasteiger partial charge is 0.469 e. The highest BCUT2D eigenvalue weighted by molar-refractivity contribution is 5.18. The third kappa shape index (κ3) is 2.02. The van der Waals surface area contributed by atoms with Crippen LogP contribution in [0.4, 0.5) is 0 Å². The zero-order valence-electron chi connectivity index (χ0n) is 9.73. The monoisotopic (exact) mass is 219 g/mol. The van der Waals surface area contributed by atoms with Gasteiger partial charge in [-0.15, -0.1) is 0 Å². The molecule has 0 bridgehead atoms. The number of nitrogens with zero attached hydrogens (tertiary/aromatic N) is 2. The number of aromatic nitrogens is 2. The first-order chi connectivity index (χ1) is 7.72. The van der Waals surface area contributed by atoms with Gasteiger partial charge < -0.3 is 14.7 Å². The van der Waals surface area contributed by atoms with Gasteiger partial charge in [-0.1, -0.05) is 0 Å². The van der Waals surface area contributed by atoms with E-state index in [4.69, 9.17) is 10.2 Å². The molecular formula is C12H17N3O. The van der Waals surface area contributed by atoms with E-state index in [1.54, 1.807) is 6.26 Å². The highest BCUT2D eigenvalue weighted by Crippen LogP contribution is 2.13. The van der Waals surface area contributed by atoms with Crippen LogP contribution in [-0.4, -0.2) is 9.55 Å². The Balaban J connectivity index is 2.14. The van der Waals surface area contributed by atoms with E-state index in [-0.39, 0.29) is 0 Å². The highest BCUT2D eigenvalue weighted by Gasteiger charge is 2.11. The molecule has 0 saturated heterocycles. The Labute approximate surface area is 95.1 Å². The summed E-state index contributed by atoms with van der Waals surface area (Å²) >= 11 is 0. The van der Waals surface area contributed by atoms with E-state index < -0.39 is 0 Å². The number of hydrogen-bond acceptors (Lipinski definition) is 3. The molecule has 0 aliphatic rings. The van der Waals surface area contributed by atoms with Gasteiger partial charge in [0.2, 0.25) is 0 Å². The van der Waals surface area contributed by atoms with Crippen LogP contribution in [0.25, 0.3) is 0 Å². The van der Waals surface area contributed by atoms with Gasteiger partial charge in [0.15, 0.2) is 0 Å². The molecule has 86 valence electrons. The molecule has 2 aromatic rings. The van der Waals surface area contributed by atoms with Gasteiger partial charge in [0.05, 0.1) is 12.0 Å². The molecular weight excluding hydrogens is 202 g/mol. The quantitative estimate of drug-likeness (QED) is 0.849. The number of rotatable bonds is 4. The zero-order chi connectivity index (χ0) is 11.5. The van der Waals surface area contributed by atoms with Crippen molar-refractivity contribution >= 4 is 0 Å². The maximum absolute atomic E-state index is 5.68. The Hall–Kier alpha value is -1.55. The van der Waals surface area contributed by atoms with Crippen LogP contribution in [0.3, 0.4) is 0 Å². The van der Waals surface area contributed by atoms with Crippen molar-refractivity contribution in [3.05, 3.63) is 41.4 Å². The summed E-state index contributed by atoms with van der Waals surface area (Å²) in [6, 6.07) is 3.90. The van der Waals surface area contributed by atoms with Crippen molar-refractivity contribution < 1.29 is 4.42 Å². The van der Waals surface area contributed by atoms with Gasteiger partial charge in [-0.05, 0) is 25.5 Å². The molecule has 0 saturated carbocycles. The van der Waals surface area contributed by atoms with E-state index in [1.807, 2.05) is 26.1 Å². The summed E-state index contributed by atoms with van der Waals surface area (Å²) in [7, 11) is 2.03. The summed E-state index contributed by atoms with van der Waals surface area (Å²) < 4.78 is 7.42. The molecule has 0 aliphatic heterocycles. The molecule has 0 radical (unpaired) electrons. The predicted molar refractivity (Wildman–Crippen MR) is 62.0 cm³/mol. The Bertz CT molecular complexity index is 457. The molecule has 0 aromatic carbocycles. The SMILES string of the molecule is Cc1nc(CN)c(CCc2ccco2)n1C. The number of furan rings is 1. The first-order valence-electron chi connectivity index (χ1n) is 5.46. The van der Waals surface area contributed by atoms with Crippen molar-refractivity contribution in [2.75, 3.05) is 0 Å². The molecule has 2 rings (SSSR count). The van der Waals surface area contributed by atoms with E-state index in [0.717, 1.165) is 30.1 Å². The smallest absolute Gasteiger partial charge is 0.105 e. The molecule has 2 N–H and O–H groups in total. The zero-order valence-corrected chi connectivity index (χ0v) is 9.73. The lowest BCUT2D eigenvalue weighted by Gasteiger charge is -2.04. The second-order valence-corrected chi connectivity index (χ2v) is 3.89. The maximum atomic E-state index is 5.68. The van der Waals surface area contributed by atoms with Crippen molar-refractivity contribution in [1.82, 2.24) is 9.55 Å². The van der Waals surface area contributed by atoms with Crippen molar-refractivity contribution in [3.63, 3.8) is 0 Å². The summed E-state index contributed by atoms with van der Waals surface area (Å²) in [6.07, 6.45) is 3.50. The number of imidazole rings is 1. The lowest BCUT2D eigenvalue weighted by Crippen LogP contribution is -2.05. The van der Waals surface area contributed by atoms with E-state index in [9.17, 15) is 0 Å². The van der Waals surface area contributed by atoms with E-state index in [1.165, 1.54) is 5.69 Å². The van der Waals surface area contributed by atoms with Gasteiger partial charge in [0, 0.05) is 25.7 Å². The second-order valence-electron chi connectivity index (χ2n) is 3.89. The standard InChI is InChI=1S/C12H17N3O/c1-9-14-11(8-13)12(15(9)2)6-5-10-4-3-7-16-10/h3-4,7H,5-6,8,13H2,1-2H3. The van der Waals surface area contributed by atoms with Crippen LogP contribution in [0.15, 0.2) is 22.8 Å². The first-order valence-corrected chi connectivity index (χ1v) is 5.46. The minimum atomic E-state index is 0.495. The van der Waals surface area contributed by atoms with Gasteiger partial charge in [0.25, 0.3) is 0 Å². The van der Waals surface area contributed by atoms with Crippen LogP contribution >= 0.6 is 0 Å². The van der Waals surface area contributed by atoms with Crippen LogP contribution in [0, 0.1) is 6.92 Å². The molecule has 0 aliphatic carbocycles. The lowest BCUT2D eigenvalue weighted by molar-refractivity contribution is 0.505. The molecule has 0 unspecified atom stereocenters. The summed E-state index contributed by atoms with van der Waals surface area (Å²) in [4.78, 5) is 4.44. The second kappa shape index (κ2) is 4.53. The maximum Gasteiger partial charge on any atom is 0.105 e. The van der Waals surface area contributed by atoms with E-state index in [0.29, 0.717) is 6.54 Å². The minimum Gasteiger partial charge on any atom is -0.469 e. The lowest BCUT2D eigenvalue weighted by atomic mass is 10.1. The Kier molecular flexibility index (Phi) is 3.10. The molecule has 4 nitrogen and oxygen atoms in total. The van der Waals surface area contributed by atoms with E-state index >= 15 is 0 Å². The summed E-state index contributed by atoms with van der Waals surface area (Å²) in [5, 5.41) is 0. The average molecular weight is 219 g/mol. The predicted octanol–water partition coefficient (Wildman–Crippen LogP) is 1.57. The van der Waals surface area contributed by atoms with Crippen LogP contribution in [0.5, 0.6) is 0 Å². The molecule has 2 heterocycles. The summed E-state index contributed by atoms with van der Waals surface area (Å²) in [5.74, 6) is 2.01. The number of nitrogens with two attached hydrogens (primary N) is 1. The van der Waals surface area contributed by atoms with Crippen molar-refractivity contribution in [2.45, 2.75) is 26.3 Å². The van der Waals surface area contributed by atoms with Gasteiger partial charge >= 0.3 is 0 Å². The van der Waals surface area contributed by atoms with Crippen LogP contribution in [-0.2, 0) is 26.4 Å². The van der Waals surface area contributed by atoms with E-state index in [2.05, 4.69) is 9.55 Å². The molecule has 0 spiro atoms. The van der Waals surface area contributed by atoms with Gasteiger partial charge in [-0.25, -0.2) is 4.98 Å². The molecule has 0 atom stereocenters. The Morgan fingerprint density at radius 3 is 2.88 bits per heavy atom. The van der Waals surface area contributed by atoms with Crippen LogP contribution in [0.2, 0.25) is 0 Å².